The maximum absolute atomic E-state index is 12.4. The Kier molecular flexibility index (Phi) is 5.51. The molecule has 1 aromatic carbocycles. The molecule has 1 fully saturated rings. The molecule has 10 heteroatoms. The predicted octanol–water partition coefficient (Wildman–Crippen LogP) is 1.76. The molecule has 2 unspecified atom stereocenters. The van der Waals surface area contributed by atoms with E-state index in [1.807, 2.05) is 0 Å². The van der Waals surface area contributed by atoms with Gasteiger partial charge in [-0.3, -0.25) is 9.36 Å². The van der Waals surface area contributed by atoms with Crippen molar-refractivity contribution in [2.24, 2.45) is 5.11 Å². The lowest BCUT2D eigenvalue weighted by Gasteiger charge is -2.16. The van der Waals surface area contributed by atoms with Crippen LogP contribution in [0.2, 0.25) is 0 Å². The van der Waals surface area contributed by atoms with Gasteiger partial charge in [-0.2, -0.15) is 4.98 Å². The van der Waals surface area contributed by atoms with Crippen molar-refractivity contribution in [1.82, 2.24) is 9.55 Å². The molecule has 1 aliphatic heterocycles. The number of nitrogens with one attached hydrogen (secondary N) is 1. The fraction of sp³-hybridized carbons (Fsp3) is 0.353. The Labute approximate surface area is 154 Å². The summed E-state index contributed by atoms with van der Waals surface area (Å²) in [6.07, 6.45) is -0.580. The first-order chi connectivity index (χ1) is 13.0. The first-order valence-corrected chi connectivity index (χ1v) is 8.30. The molecule has 2 aromatic rings. The van der Waals surface area contributed by atoms with Crippen LogP contribution in [0.4, 0.5) is 5.82 Å². The van der Waals surface area contributed by atoms with E-state index in [2.05, 4.69) is 20.3 Å². The highest BCUT2D eigenvalue weighted by atomic mass is 16.5. The van der Waals surface area contributed by atoms with Crippen molar-refractivity contribution >= 4 is 11.7 Å². The van der Waals surface area contributed by atoms with Crippen LogP contribution < -0.4 is 11.0 Å². The zero-order valence-electron chi connectivity index (χ0n) is 14.5. The first-order valence-electron chi connectivity index (χ1n) is 8.30. The van der Waals surface area contributed by atoms with Crippen LogP contribution in [0.5, 0.6) is 0 Å². The summed E-state index contributed by atoms with van der Waals surface area (Å²) in [4.78, 5) is 31.2. The number of aryl methyl sites for hydroxylation is 1. The number of carbonyl (C=O) groups is 1. The average molecular weight is 370 g/mol. The van der Waals surface area contributed by atoms with E-state index < -0.39 is 24.1 Å². The summed E-state index contributed by atoms with van der Waals surface area (Å²) >= 11 is 0. The van der Waals surface area contributed by atoms with E-state index in [0.717, 1.165) is 0 Å². The van der Waals surface area contributed by atoms with Gasteiger partial charge < -0.3 is 15.2 Å². The largest absolute Gasteiger partial charge is 0.390 e. The number of hydrogen-bond acceptors (Lipinski definition) is 6. The van der Waals surface area contributed by atoms with Gasteiger partial charge in [-0.05, 0) is 24.6 Å². The zero-order chi connectivity index (χ0) is 19.4. The number of azide groups is 1. The number of carbonyl (C=O) groups excluding carboxylic acids is 1. The molecule has 2 N–H and O–H groups in total. The number of benzene rings is 1. The van der Waals surface area contributed by atoms with E-state index in [9.17, 15) is 14.7 Å². The number of amides is 1. The van der Waals surface area contributed by atoms with E-state index >= 15 is 0 Å². The second kappa shape index (κ2) is 8.00. The molecule has 0 bridgehead atoms. The van der Waals surface area contributed by atoms with Gasteiger partial charge in [0.1, 0.15) is 12.0 Å². The first kappa shape index (κ1) is 18.6. The van der Waals surface area contributed by atoms with Gasteiger partial charge in [0.05, 0.1) is 18.8 Å². The third-order valence-electron chi connectivity index (χ3n) is 4.24. The van der Waals surface area contributed by atoms with Crippen LogP contribution in [0.1, 0.15) is 28.6 Å². The maximum Gasteiger partial charge on any atom is 0.351 e. The highest BCUT2D eigenvalue weighted by molar-refractivity contribution is 6.03. The molecule has 2 heterocycles. The zero-order valence-corrected chi connectivity index (χ0v) is 14.5. The minimum atomic E-state index is -0.856. The molecule has 140 valence electrons. The Hall–Kier alpha value is -3.20. The van der Waals surface area contributed by atoms with Crippen LogP contribution in [0.15, 0.2) is 46.4 Å². The lowest BCUT2D eigenvalue weighted by Crippen LogP contribution is -2.29. The van der Waals surface area contributed by atoms with Crippen molar-refractivity contribution in [2.45, 2.75) is 31.8 Å². The fourth-order valence-electron chi connectivity index (χ4n) is 2.84. The van der Waals surface area contributed by atoms with E-state index in [1.165, 1.54) is 10.8 Å². The minimum absolute atomic E-state index is 0.0272. The normalized spacial score (nSPS) is 21.5. The van der Waals surface area contributed by atoms with Crippen molar-refractivity contribution in [3.8, 4) is 0 Å². The second-order valence-corrected chi connectivity index (χ2v) is 6.13. The van der Waals surface area contributed by atoms with Crippen molar-refractivity contribution in [1.29, 1.82) is 0 Å². The van der Waals surface area contributed by atoms with Gasteiger partial charge in [-0.25, -0.2) is 4.79 Å². The number of aromatic nitrogens is 2. The molecule has 1 saturated heterocycles. The Morgan fingerprint density at radius 2 is 2.22 bits per heavy atom. The number of rotatable bonds is 5. The van der Waals surface area contributed by atoms with Crippen LogP contribution in [-0.4, -0.2) is 39.3 Å². The third-order valence-corrected chi connectivity index (χ3v) is 4.24. The van der Waals surface area contributed by atoms with Crippen LogP contribution >= 0.6 is 0 Å². The second-order valence-electron chi connectivity index (χ2n) is 6.13. The number of hydrogen-bond donors (Lipinski definition) is 2. The lowest BCUT2D eigenvalue weighted by molar-refractivity contribution is -0.0150. The van der Waals surface area contributed by atoms with E-state index in [0.29, 0.717) is 11.1 Å². The van der Waals surface area contributed by atoms with Crippen LogP contribution in [0.3, 0.4) is 0 Å². The van der Waals surface area contributed by atoms with E-state index in [4.69, 9.17) is 10.3 Å². The smallest absolute Gasteiger partial charge is 0.351 e. The van der Waals surface area contributed by atoms with Crippen molar-refractivity contribution < 1.29 is 14.6 Å². The summed E-state index contributed by atoms with van der Waals surface area (Å²) in [5.74, 6) is -0.209. The summed E-state index contributed by atoms with van der Waals surface area (Å²) in [7, 11) is 0. The van der Waals surface area contributed by atoms with E-state index in [1.54, 1.807) is 37.3 Å². The molecule has 10 nitrogen and oxygen atoms in total. The van der Waals surface area contributed by atoms with Crippen molar-refractivity contribution in [3.05, 3.63) is 68.6 Å². The van der Waals surface area contributed by atoms with Crippen molar-refractivity contribution in [3.63, 3.8) is 0 Å². The SMILES string of the molecule is Cc1cn(C2CC(O)[C@@H](CN=[N+]=[N-])O2)c(=O)nc1NC(=O)c1ccccc1. The average Bonchev–Trinajstić information content (AvgIpc) is 3.03. The molecule has 27 heavy (non-hydrogen) atoms. The standard InChI is InChI=1S/C17H18N6O4/c1-10-9-23(14-7-12(24)13(27-14)8-19-22-18)17(26)21-15(10)20-16(25)11-5-3-2-4-6-11/h2-6,9,12-14,24H,7-8H2,1H3,(H,20,21,25,26)/t12?,13-,14?/m1/s1. The number of nitrogens with zero attached hydrogens (tertiary/aromatic N) is 5. The molecule has 1 aromatic heterocycles. The van der Waals surface area contributed by atoms with Gasteiger partial charge in [0.25, 0.3) is 5.91 Å². The third kappa shape index (κ3) is 4.14. The Morgan fingerprint density at radius 1 is 1.48 bits per heavy atom. The Morgan fingerprint density at radius 3 is 2.93 bits per heavy atom. The Bertz CT molecular complexity index is 938. The molecule has 3 atom stereocenters. The van der Waals surface area contributed by atoms with Gasteiger partial charge in [0.2, 0.25) is 0 Å². The molecule has 0 spiro atoms. The summed E-state index contributed by atoms with van der Waals surface area (Å²) in [6, 6.07) is 8.59. The number of aliphatic hydroxyl groups is 1. The van der Waals surface area contributed by atoms with E-state index in [-0.39, 0.29) is 24.7 Å². The van der Waals surface area contributed by atoms with Crippen LogP contribution in [0, 0.1) is 6.92 Å². The number of ether oxygens (including phenoxy) is 1. The highest BCUT2D eigenvalue weighted by Crippen LogP contribution is 2.28. The monoisotopic (exact) mass is 370 g/mol. The summed E-state index contributed by atoms with van der Waals surface area (Å²) in [5.41, 5.74) is 8.78. The van der Waals surface area contributed by atoms with Crippen molar-refractivity contribution in [2.75, 3.05) is 11.9 Å². The predicted molar refractivity (Wildman–Crippen MR) is 96.2 cm³/mol. The molecule has 1 amide bonds. The van der Waals surface area contributed by atoms with Crippen LogP contribution in [-0.2, 0) is 4.74 Å². The molecular weight excluding hydrogens is 352 g/mol. The van der Waals surface area contributed by atoms with Gasteiger partial charge in [-0.1, -0.05) is 23.3 Å². The molecular formula is C17H18N6O4. The molecule has 3 rings (SSSR count). The van der Waals surface area contributed by atoms with Gasteiger partial charge in [0, 0.05) is 28.7 Å². The quantitative estimate of drug-likeness (QED) is 0.468. The molecule has 1 aliphatic rings. The summed E-state index contributed by atoms with van der Waals surface area (Å²) in [5, 5.41) is 16.0. The molecule has 0 radical (unpaired) electrons. The van der Waals surface area contributed by atoms with Gasteiger partial charge >= 0.3 is 5.69 Å². The lowest BCUT2D eigenvalue weighted by atomic mass is 10.2. The highest BCUT2D eigenvalue weighted by Gasteiger charge is 2.35. The topological polar surface area (TPSA) is 142 Å². The number of aliphatic hydroxyl groups excluding tert-OH is 1. The van der Waals surface area contributed by atoms with Gasteiger partial charge in [0.15, 0.2) is 0 Å². The summed E-state index contributed by atoms with van der Waals surface area (Å²) in [6.45, 7) is 1.67. The number of anilines is 1. The van der Waals surface area contributed by atoms with Gasteiger partial charge in [-0.15, -0.1) is 0 Å². The molecule has 0 aliphatic carbocycles. The van der Waals surface area contributed by atoms with Crippen LogP contribution in [0.25, 0.3) is 10.4 Å². The maximum atomic E-state index is 12.4. The Balaban J connectivity index is 1.78. The summed E-state index contributed by atoms with van der Waals surface area (Å²) < 4.78 is 6.87. The fourth-order valence-corrected chi connectivity index (χ4v) is 2.84. The minimum Gasteiger partial charge on any atom is -0.390 e. The molecule has 0 saturated carbocycles.